The predicted octanol–water partition coefficient (Wildman–Crippen LogP) is 3.64. The Morgan fingerprint density at radius 3 is 2.84 bits per heavy atom. The van der Waals surface area contributed by atoms with Gasteiger partial charge < -0.3 is 10.2 Å². The molecule has 5 nitrogen and oxygen atoms in total. The number of urea groups is 1. The molecule has 0 aliphatic carbocycles. The molecule has 0 spiro atoms. The molecule has 1 aliphatic rings. The Morgan fingerprint density at radius 2 is 2.12 bits per heavy atom. The van der Waals surface area contributed by atoms with Gasteiger partial charge in [-0.05, 0) is 31.9 Å². The lowest BCUT2D eigenvalue weighted by molar-refractivity contribution is 0.210. The van der Waals surface area contributed by atoms with Crippen LogP contribution in [0, 0.1) is 19.7 Å². The van der Waals surface area contributed by atoms with E-state index in [-0.39, 0.29) is 11.7 Å². The zero-order valence-electron chi connectivity index (χ0n) is 14.6. The first-order valence-corrected chi connectivity index (χ1v) is 9.35. The number of thiazole rings is 1. The zero-order chi connectivity index (χ0) is 17.8. The number of halogens is 1. The first-order valence-electron chi connectivity index (χ1n) is 8.47. The number of aromatic nitrogens is 1. The highest BCUT2D eigenvalue weighted by atomic mass is 32.1. The highest BCUT2D eigenvalue weighted by molar-refractivity contribution is 7.09. The summed E-state index contributed by atoms with van der Waals surface area (Å²) in [4.78, 5) is 21.1. The van der Waals surface area contributed by atoms with E-state index in [1.54, 1.807) is 35.3 Å². The number of hydrogen-bond acceptors (Lipinski definition) is 4. The summed E-state index contributed by atoms with van der Waals surface area (Å²) < 4.78 is 13.9. The van der Waals surface area contributed by atoms with Gasteiger partial charge in [-0.2, -0.15) is 0 Å². The molecule has 0 atom stereocenters. The number of nitrogens with zero attached hydrogens (tertiary/aromatic N) is 3. The van der Waals surface area contributed by atoms with Crippen LogP contribution in [0.2, 0.25) is 0 Å². The summed E-state index contributed by atoms with van der Waals surface area (Å²) in [5, 5.41) is 5.89. The number of para-hydroxylation sites is 1. The molecule has 134 valence electrons. The average Bonchev–Trinajstić information content (AvgIpc) is 2.84. The van der Waals surface area contributed by atoms with Crippen LogP contribution in [0.25, 0.3) is 0 Å². The minimum Gasteiger partial charge on any atom is -0.323 e. The molecule has 1 saturated heterocycles. The van der Waals surface area contributed by atoms with Crippen molar-refractivity contribution in [2.75, 3.05) is 31.5 Å². The van der Waals surface area contributed by atoms with Gasteiger partial charge in [0.2, 0.25) is 0 Å². The molecule has 25 heavy (non-hydrogen) atoms. The molecule has 1 aliphatic heterocycles. The third-order valence-corrected chi connectivity index (χ3v) is 5.20. The molecule has 1 fully saturated rings. The Balaban J connectivity index is 1.58. The summed E-state index contributed by atoms with van der Waals surface area (Å²) in [6, 6.07) is 4.56. The molecule has 2 amide bonds. The normalized spacial score (nSPS) is 15.9. The highest BCUT2D eigenvalue weighted by Gasteiger charge is 2.21. The number of carbonyl (C=O) groups is 1. The molecule has 7 heteroatoms. The first kappa shape index (κ1) is 17.8. The van der Waals surface area contributed by atoms with Crippen LogP contribution < -0.4 is 5.32 Å². The Labute approximate surface area is 151 Å². The number of anilines is 1. The van der Waals surface area contributed by atoms with Gasteiger partial charge in [0, 0.05) is 38.1 Å². The van der Waals surface area contributed by atoms with Crippen LogP contribution in [-0.2, 0) is 6.54 Å². The van der Waals surface area contributed by atoms with Crippen LogP contribution in [0.5, 0.6) is 0 Å². The largest absolute Gasteiger partial charge is 0.323 e. The molecular formula is C18H23FN4OS. The Morgan fingerprint density at radius 1 is 1.28 bits per heavy atom. The predicted molar refractivity (Wildman–Crippen MR) is 98.5 cm³/mol. The summed E-state index contributed by atoms with van der Waals surface area (Å²) in [7, 11) is 0. The number of benzene rings is 1. The third-order valence-electron chi connectivity index (χ3n) is 4.38. The Bertz CT molecular complexity index is 728. The summed E-state index contributed by atoms with van der Waals surface area (Å²) in [6.45, 7) is 7.63. The van der Waals surface area contributed by atoms with E-state index in [1.165, 1.54) is 6.07 Å². The van der Waals surface area contributed by atoms with Crippen molar-refractivity contribution in [3.63, 3.8) is 0 Å². The van der Waals surface area contributed by atoms with Crippen molar-refractivity contribution in [1.82, 2.24) is 14.8 Å². The summed E-state index contributed by atoms with van der Waals surface area (Å²) >= 11 is 1.66. The van der Waals surface area contributed by atoms with Crippen LogP contribution >= 0.6 is 11.3 Å². The van der Waals surface area contributed by atoms with Gasteiger partial charge in [-0.3, -0.25) is 4.90 Å². The van der Waals surface area contributed by atoms with Crippen LogP contribution in [-0.4, -0.2) is 47.0 Å². The molecule has 2 aromatic rings. The van der Waals surface area contributed by atoms with Crippen molar-refractivity contribution < 1.29 is 9.18 Å². The number of carbonyl (C=O) groups excluding carboxylic acids is 1. The van der Waals surface area contributed by atoms with E-state index in [1.807, 2.05) is 6.92 Å². The number of amides is 2. The smallest absolute Gasteiger partial charge is 0.321 e. The summed E-state index contributed by atoms with van der Waals surface area (Å²) in [5.41, 5.74) is 2.08. The molecule has 3 rings (SSSR count). The SMILES string of the molecule is Cc1nc(CN2CCCN(C(=O)Nc3c(C)cccc3F)CC2)cs1. The third kappa shape index (κ3) is 4.55. The Hall–Kier alpha value is -1.99. The van der Waals surface area contributed by atoms with Gasteiger partial charge in [-0.1, -0.05) is 12.1 Å². The molecular weight excluding hydrogens is 339 g/mol. The second-order valence-electron chi connectivity index (χ2n) is 6.34. The maximum Gasteiger partial charge on any atom is 0.321 e. The highest BCUT2D eigenvalue weighted by Crippen LogP contribution is 2.19. The summed E-state index contributed by atoms with van der Waals surface area (Å²) in [6.07, 6.45) is 0.896. The van der Waals surface area contributed by atoms with Gasteiger partial charge in [0.1, 0.15) is 5.82 Å². The molecule has 2 heterocycles. The van der Waals surface area contributed by atoms with Crippen molar-refractivity contribution in [3.05, 3.63) is 45.7 Å². The maximum atomic E-state index is 13.9. The van der Waals surface area contributed by atoms with E-state index in [2.05, 4.69) is 20.6 Å². The van der Waals surface area contributed by atoms with Gasteiger partial charge in [-0.15, -0.1) is 11.3 Å². The van der Waals surface area contributed by atoms with E-state index in [0.717, 1.165) is 42.3 Å². The van der Waals surface area contributed by atoms with E-state index in [0.29, 0.717) is 13.1 Å². The molecule has 0 bridgehead atoms. The number of nitrogens with one attached hydrogen (secondary N) is 1. The van der Waals surface area contributed by atoms with Crippen molar-refractivity contribution in [2.24, 2.45) is 0 Å². The fraction of sp³-hybridized carbons (Fsp3) is 0.444. The fourth-order valence-corrected chi connectivity index (χ4v) is 3.62. The van der Waals surface area contributed by atoms with Gasteiger partial charge in [0.25, 0.3) is 0 Å². The second-order valence-corrected chi connectivity index (χ2v) is 7.40. The second kappa shape index (κ2) is 7.93. The first-order chi connectivity index (χ1) is 12.0. The standard InChI is InChI=1S/C18H23FN4OS/c1-13-5-3-6-16(19)17(13)21-18(24)23-8-4-7-22(9-10-23)11-15-12-25-14(2)20-15/h3,5-6,12H,4,7-11H2,1-2H3,(H,21,24). The molecule has 1 N–H and O–H groups in total. The van der Waals surface area contributed by atoms with Crippen molar-refractivity contribution in [3.8, 4) is 0 Å². The quantitative estimate of drug-likeness (QED) is 0.907. The molecule has 0 saturated carbocycles. The van der Waals surface area contributed by atoms with Crippen LogP contribution in [0.3, 0.4) is 0 Å². The molecule has 0 unspecified atom stereocenters. The van der Waals surface area contributed by atoms with Crippen molar-refractivity contribution in [2.45, 2.75) is 26.8 Å². The topological polar surface area (TPSA) is 48.5 Å². The summed E-state index contributed by atoms with van der Waals surface area (Å²) in [5.74, 6) is -0.399. The molecule has 0 radical (unpaired) electrons. The Kier molecular flexibility index (Phi) is 5.65. The van der Waals surface area contributed by atoms with Crippen molar-refractivity contribution >= 4 is 23.1 Å². The van der Waals surface area contributed by atoms with Crippen LogP contribution in [0.4, 0.5) is 14.9 Å². The van der Waals surface area contributed by atoms with E-state index >= 15 is 0 Å². The van der Waals surface area contributed by atoms with E-state index in [9.17, 15) is 9.18 Å². The van der Waals surface area contributed by atoms with Gasteiger partial charge in [-0.25, -0.2) is 14.2 Å². The fourth-order valence-electron chi connectivity index (χ4n) is 3.02. The number of hydrogen-bond donors (Lipinski definition) is 1. The average molecular weight is 362 g/mol. The lowest BCUT2D eigenvalue weighted by Crippen LogP contribution is -2.38. The van der Waals surface area contributed by atoms with Gasteiger partial charge in [0.05, 0.1) is 16.4 Å². The molecule has 1 aromatic heterocycles. The lowest BCUT2D eigenvalue weighted by Gasteiger charge is -2.22. The maximum absolute atomic E-state index is 13.9. The van der Waals surface area contributed by atoms with E-state index < -0.39 is 5.82 Å². The lowest BCUT2D eigenvalue weighted by atomic mass is 10.2. The van der Waals surface area contributed by atoms with Crippen LogP contribution in [0.1, 0.15) is 22.7 Å². The van der Waals surface area contributed by atoms with Crippen molar-refractivity contribution in [1.29, 1.82) is 0 Å². The monoisotopic (exact) mass is 362 g/mol. The minimum absolute atomic E-state index is 0.237. The van der Waals surface area contributed by atoms with Crippen LogP contribution in [0.15, 0.2) is 23.6 Å². The van der Waals surface area contributed by atoms with Gasteiger partial charge in [0.15, 0.2) is 0 Å². The van der Waals surface area contributed by atoms with E-state index in [4.69, 9.17) is 0 Å². The minimum atomic E-state index is -0.399. The zero-order valence-corrected chi connectivity index (χ0v) is 15.4. The van der Waals surface area contributed by atoms with Gasteiger partial charge >= 0.3 is 6.03 Å². The molecule has 1 aromatic carbocycles. The number of rotatable bonds is 3. The number of aryl methyl sites for hydroxylation is 2.